The van der Waals surface area contributed by atoms with Crippen LogP contribution in [0.1, 0.15) is 23.7 Å². The van der Waals surface area contributed by atoms with Crippen molar-refractivity contribution < 1.29 is 5.11 Å². The van der Waals surface area contributed by atoms with Gasteiger partial charge >= 0.3 is 0 Å². The van der Waals surface area contributed by atoms with Crippen molar-refractivity contribution >= 4 is 17.4 Å². The predicted octanol–water partition coefficient (Wildman–Crippen LogP) is 3.24. The van der Waals surface area contributed by atoms with Crippen LogP contribution in [0.5, 0.6) is 0 Å². The minimum absolute atomic E-state index is 0.109. The molecule has 0 amide bonds. The number of hydrogen-bond donors (Lipinski definition) is 3. The first-order valence-corrected chi connectivity index (χ1v) is 13.0. The highest BCUT2D eigenvalue weighted by molar-refractivity contribution is 6.33. The number of hydrogen-bond acceptors (Lipinski definition) is 8. The Balaban J connectivity index is 1.35. The molecule has 0 aliphatic carbocycles. The molecule has 0 saturated carbocycles. The molecule has 0 unspecified atom stereocenters. The normalized spacial score (nSPS) is 15.6. The number of rotatable bonds is 12. The topological polar surface area (TPSA) is 89.4 Å². The Hall–Kier alpha value is -2.62. The molecule has 4 rings (SSSR count). The number of nitrogens with one attached hydrogen (secondary N) is 2. The molecule has 3 aromatic rings. The van der Waals surface area contributed by atoms with E-state index in [1.165, 1.54) is 5.56 Å². The number of pyridine rings is 1. The maximum Gasteiger partial charge on any atom is 0.180 e. The number of benzene rings is 1. The Morgan fingerprint density at radius 1 is 0.972 bits per heavy atom. The van der Waals surface area contributed by atoms with E-state index in [2.05, 4.69) is 59.7 Å². The van der Waals surface area contributed by atoms with Gasteiger partial charge in [0.05, 0.1) is 12.3 Å². The molecule has 36 heavy (non-hydrogen) atoms. The highest BCUT2D eigenvalue weighted by Gasteiger charge is 2.17. The highest BCUT2D eigenvalue weighted by atomic mass is 35.5. The Morgan fingerprint density at radius 2 is 1.69 bits per heavy atom. The van der Waals surface area contributed by atoms with E-state index in [0.717, 1.165) is 63.6 Å². The smallest absolute Gasteiger partial charge is 0.180 e. The summed E-state index contributed by atoms with van der Waals surface area (Å²) in [6, 6.07) is 16.3. The first kappa shape index (κ1) is 26.4. The molecule has 0 bridgehead atoms. The van der Waals surface area contributed by atoms with Crippen molar-refractivity contribution in [2.45, 2.75) is 19.4 Å². The number of piperazine rings is 1. The standard InChI is InChI=1S/C27H36ClN7O/c1-21-25(28)27(33-26(32-21)23-10-5-6-11-29-23)31-20-24(22-8-3-2-4-9-22)30-12-7-13-34-14-16-35(17-15-34)18-19-36/h2-6,8-11,24,30,36H,7,12-20H2,1H3,(H,31,32,33)/t24-/m0/s1. The zero-order valence-corrected chi connectivity index (χ0v) is 21.7. The molecule has 192 valence electrons. The van der Waals surface area contributed by atoms with Crippen molar-refractivity contribution in [1.29, 1.82) is 0 Å². The zero-order valence-electron chi connectivity index (χ0n) is 20.9. The number of aliphatic hydroxyl groups excluding tert-OH is 1. The second-order valence-corrected chi connectivity index (χ2v) is 9.45. The minimum atomic E-state index is 0.109. The molecule has 0 radical (unpaired) electrons. The van der Waals surface area contributed by atoms with Crippen LogP contribution in [-0.4, -0.2) is 88.8 Å². The molecule has 1 aliphatic rings. The number of aliphatic hydroxyl groups is 1. The second-order valence-electron chi connectivity index (χ2n) is 9.07. The summed E-state index contributed by atoms with van der Waals surface area (Å²) in [6.45, 7) is 9.71. The number of aromatic nitrogens is 3. The van der Waals surface area contributed by atoms with Crippen LogP contribution in [0, 0.1) is 6.92 Å². The van der Waals surface area contributed by atoms with Crippen molar-refractivity contribution in [1.82, 2.24) is 30.1 Å². The molecule has 1 fully saturated rings. The number of aryl methyl sites for hydroxylation is 1. The van der Waals surface area contributed by atoms with Gasteiger partial charge in [0.25, 0.3) is 0 Å². The van der Waals surface area contributed by atoms with Crippen LogP contribution in [0.4, 0.5) is 5.82 Å². The minimum Gasteiger partial charge on any atom is -0.395 e. The van der Waals surface area contributed by atoms with Gasteiger partial charge in [-0.05, 0) is 44.1 Å². The molecule has 9 heteroatoms. The lowest BCUT2D eigenvalue weighted by atomic mass is 10.1. The summed E-state index contributed by atoms with van der Waals surface area (Å²) in [6.07, 6.45) is 2.81. The van der Waals surface area contributed by atoms with Crippen LogP contribution in [-0.2, 0) is 0 Å². The van der Waals surface area contributed by atoms with Crippen molar-refractivity contribution in [3.8, 4) is 11.5 Å². The molecule has 1 saturated heterocycles. The third-order valence-corrected chi connectivity index (χ3v) is 6.96. The van der Waals surface area contributed by atoms with Gasteiger partial charge in [-0.15, -0.1) is 0 Å². The largest absolute Gasteiger partial charge is 0.395 e. The molecular weight excluding hydrogens is 474 g/mol. The molecule has 2 aromatic heterocycles. The Bertz CT molecular complexity index is 1060. The Kier molecular flexibility index (Phi) is 10.0. The summed E-state index contributed by atoms with van der Waals surface area (Å²) >= 11 is 6.57. The molecule has 3 N–H and O–H groups in total. The maximum absolute atomic E-state index is 9.13. The van der Waals surface area contributed by atoms with Gasteiger partial charge < -0.3 is 20.6 Å². The Labute approximate surface area is 218 Å². The van der Waals surface area contributed by atoms with E-state index < -0.39 is 0 Å². The number of nitrogens with zero attached hydrogens (tertiary/aromatic N) is 5. The first-order valence-electron chi connectivity index (χ1n) is 12.7. The number of β-amino-alcohol motifs (C(OH)–C–C–N with tert-alkyl or cyclic N) is 1. The van der Waals surface area contributed by atoms with Gasteiger partial charge in [-0.25, -0.2) is 9.97 Å². The number of anilines is 1. The zero-order chi connectivity index (χ0) is 25.2. The lowest BCUT2D eigenvalue weighted by Crippen LogP contribution is -2.47. The van der Waals surface area contributed by atoms with Gasteiger partial charge in [0, 0.05) is 51.5 Å². The van der Waals surface area contributed by atoms with Gasteiger partial charge in [0.1, 0.15) is 16.5 Å². The van der Waals surface area contributed by atoms with Crippen molar-refractivity contribution in [3.63, 3.8) is 0 Å². The fourth-order valence-electron chi connectivity index (χ4n) is 4.43. The summed E-state index contributed by atoms with van der Waals surface area (Å²) in [5.41, 5.74) is 2.66. The van der Waals surface area contributed by atoms with Gasteiger partial charge in [-0.3, -0.25) is 9.88 Å². The van der Waals surface area contributed by atoms with E-state index in [4.69, 9.17) is 16.7 Å². The van der Waals surface area contributed by atoms with Crippen LogP contribution in [0.25, 0.3) is 11.5 Å². The number of halogens is 1. The molecular formula is C27H36ClN7O. The van der Waals surface area contributed by atoms with Gasteiger partial charge in [0.15, 0.2) is 5.82 Å². The van der Waals surface area contributed by atoms with E-state index in [0.29, 0.717) is 23.2 Å². The van der Waals surface area contributed by atoms with E-state index in [-0.39, 0.29) is 12.6 Å². The van der Waals surface area contributed by atoms with Crippen molar-refractivity contribution in [2.75, 3.05) is 64.3 Å². The van der Waals surface area contributed by atoms with E-state index in [1.807, 2.05) is 31.2 Å². The average Bonchev–Trinajstić information content (AvgIpc) is 2.92. The molecule has 3 heterocycles. The average molecular weight is 510 g/mol. The first-order chi connectivity index (χ1) is 17.6. The fourth-order valence-corrected chi connectivity index (χ4v) is 4.59. The third kappa shape index (κ3) is 7.44. The lowest BCUT2D eigenvalue weighted by Gasteiger charge is -2.34. The van der Waals surface area contributed by atoms with Crippen LogP contribution in [0.2, 0.25) is 5.02 Å². The summed E-state index contributed by atoms with van der Waals surface area (Å²) < 4.78 is 0. The highest BCUT2D eigenvalue weighted by Crippen LogP contribution is 2.26. The van der Waals surface area contributed by atoms with Gasteiger partial charge in [-0.2, -0.15) is 0 Å². The van der Waals surface area contributed by atoms with E-state index >= 15 is 0 Å². The molecule has 0 spiro atoms. The quantitative estimate of drug-likeness (QED) is 0.321. The van der Waals surface area contributed by atoms with Gasteiger partial charge in [-0.1, -0.05) is 48.0 Å². The third-order valence-electron chi connectivity index (χ3n) is 6.51. The van der Waals surface area contributed by atoms with E-state index in [9.17, 15) is 0 Å². The SMILES string of the molecule is Cc1nc(-c2ccccn2)nc(NC[C@H](NCCCN2CCN(CCO)CC2)c2ccccc2)c1Cl. The summed E-state index contributed by atoms with van der Waals surface area (Å²) in [5.74, 6) is 1.18. The second kappa shape index (κ2) is 13.6. The molecule has 1 aromatic carbocycles. The molecule has 1 aliphatic heterocycles. The van der Waals surface area contributed by atoms with Crippen LogP contribution >= 0.6 is 11.6 Å². The van der Waals surface area contributed by atoms with Crippen LogP contribution in [0.3, 0.4) is 0 Å². The van der Waals surface area contributed by atoms with E-state index in [1.54, 1.807) is 6.20 Å². The molecule has 1 atom stereocenters. The summed E-state index contributed by atoms with van der Waals surface area (Å²) in [4.78, 5) is 18.4. The van der Waals surface area contributed by atoms with Crippen molar-refractivity contribution in [2.24, 2.45) is 0 Å². The van der Waals surface area contributed by atoms with Crippen LogP contribution < -0.4 is 10.6 Å². The summed E-state index contributed by atoms with van der Waals surface area (Å²) in [5, 5.41) is 16.8. The maximum atomic E-state index is 9.13. The summed E-state index contributed by atoms with van der Waals surface area (Å²) in [7, 11) is 0. The van der Waals surface area contributed by atoms with Gasteiger partial charge in [0.2, 0.25) is 0 Å². The van der Waals surface area contributed by atoms with Crippen LogP contribution in [0.15, 0.2) is 54.7 Å². The molecule has 8 nitrogen and oxygen atoms in total. The Morgan fingerprint density at radius 3 is 2.39 bits per heavy atom. The van der Waals surface area contributed by atoms with Crippen molar-refractivity contribution in [3.05, 3.63) is 71.0 Å². The monoisotopic (exact) mass is 509 g/mol. The lowest BCUT2D eigenvalue weighted by molar-refractivity contribution is 0.112. The predicted molar refractivity (Wildman–Crippen MR) is 145 cm³/mol. The fraction of sp³-hybridized carbons (Fsp3) is 0.444.